The number of hydrogen-bond acceptors (Lipinski definition) is 3. The van der Waals surface area contributed by atoms with Crippen LogP contribution in [0.5, 0.6) is 5.75 Å². The summed E-state index contributed by atoms with van der Waals surface area (Å²) in [6, 6.07) is 12.4. The SMILES string of the molecule is O=Cc1cccs1.Oc1ccccc1. The third-order valence-electron chi connectivity index (χ3n) is 1.42. The fourth-order valence-electron chi connectivity index (χ4n) is 0.786. The number of benzene rings is 1. The molecular formula is C11H10O2S. The van der Waals surface area contributed by atoms with E-state index in [2.05, 4.69) is 0 Å². The van der Waals surface area contributed by atoms with Crippen LogP contribution < -0.4 is 0 Å². The highest BCUT2D eigenvalue weighted by molar-refractivity contribution is 7.11. The molecule has 0 aliphatic carbocycles. The maximum absolute atomic E-state index is 9.88. The molecular weight excluding hydrogens is 196 g/mol. The average molecular weight is 206 g/mol. The summed E-state index contributed by atoms with van der Waals surface area (Å²) in [5, 5.41) is 10.5. The van der Waals surface area contributed by atoms with Crippen molar-refractivity contribution in [2.75, 3.05) is 0 Å². The van der Waals surface area contributed by atoms with Crippen LogP contribution in [0.2, 0.25) is 0 Å². The van der Waals surface area contributed by atoms with Gasteiger partial charge in [0.1, 0.15) is 5.75 Å². The minimum absolute atomic E-state index is 0.322. The average Bonchev–Trinajstić information content (AvgIpc) is 2.72. The van der Waals surface area contributed by atoms with Gasteiger partial charge in [0.15, 0.2) is 6.29 Å². The third-order valence-corrected chi connectivity index (χ3v) is 2.21. The summed E-state index contributed by atoms with van der Waals surface area (Å²) in [6.45, 7) is 0. The first-order valence-corrected chi connectivity index (χ1v) is 4.93. The van der Waals surface area contributed by atoms with Crippen molar-refractivity contribution < 1.29 is 9.90 Å². The van der Waals surface area contributed by atoms with Crippen LogP contribution in [-0.4, -0.2) is 11.4 Å². The van der Waals surface area contributed by atoms with Crippen molar-refractivity contribution in [3.8, 4) is 5.75 Å². The van der Waals surface area contributed by atoms with Gasteiger partial charge in [-0.25, -0.2) is 0 Å². The van der Waals surface area contributed by atoms with Crippen molar-refractivity contribution in [1.29, 1.82) is 0 Å². The molecule has 1 N–H and O–H groups in total. The Labute approximate surface area is 86.5 Å². The molecule has 1 heterocycles. The first-order valence-electron chi connectivity index (χ1n) is 4.05. The normalized spacial score (nSPS) is 8.57. The van der Waals surface area contributed by atoms with Crippen molar-refractivity contribution in [3.05, 3.63) is 52.7 Å². The lowest BCUT2D eigenvalue weighted by Gasteiger charge is -1.82. The zero-order valence-electron chi connectivity index (χ0n) is 7.46. The molecule has 0 atom stereocenters. The topological polar surface area (TPSA) is 37.3 Å². The molecule has 2 aromatic rings. The molecule has 0 aliphatic heterocycles. The van der Waals surface area contributed by atoms with Gasteiger partial charge in [0, 0.05) is 0 Å². The second-order valence-corrected chi connectivity index (χ2v) is 3.45. The largest absolute Gasteiger partial charge is 0.508 e. The van der Waals surface area contributed by atoms with Crippen LogP contribution >= 0.6 is 11.3 Å². The molecule has 2 nitrogen and oxygen atoms in total. The van der Waals surface area contributed by atoms with Gasteiger partial charge in [0.25, 0.3) is 0 Å². The fourth-order valence-corrected chi connectivity index (χ4v) is 1.31. The summed E-state index contributed by atoms with van der Waals surface area (Å²) < 4.78 is 0. The molecule has 72 valence electrons. The van der Waals surface area contributed by atoms with Crippen LogP contribution in [0.15, 0.2) is 47.8 Å². The molecule has 1 aromatic heterocycles. The fraction of sp³-hybridized carbons (Fsp3) is 0. The second-order valence-electron chi connectivity index (χ2n) is 2.47. The molecule has 0 fully saturated rings. The smallest absolute Gasteiger partial charge is 0.159 e. The summed E-state index contributed by atoms with van der Waals surface area (Å²) in [5.41, 5.74) is 0. The van der Waals surface area contributed by atoms with E-state index >= 15 is 0 Å². The minimum Gasteiger partial charge on any atom is -0.508 e. The van der Waals surface area contributed by atoms with E-state index in [-0.39, 0.29) is 0 Å². The first kappa shape index (κ1) is 10.5. The predicted octanol–water partition coefficient (Wildman–Crippen LogP) is 2.95. The highest BCUT2D eigenvalue weighted by atomic mass is 32.1. The van der Waals surface area contributed by atoms with Crippen LogP contribution in [0.3, 0.4) is 0 Å². The predicted molar refractivity (Wildman–Crippen MR) is 57.8 cm³/mol. The van der Waals surface area contributed by atoms with Crippen molar-refractivity contribution in [2.45, 2.75) is 0 Å². The van der Waals surface area contributed by atoms with E-state index in [1.807, 2.05) is 17.5 Å². The Morgan fingerprint density at radius 3 is 2.07 bits per heavy atom. The second kappa shape index (κ2) is 5.94. The van der Waals surface area contributed by atoms with Crippen LogP contribution in [0.1, 0.15) is 9.67 Å². The molecule has 2 rings (SSSR count). The van der Waals surface area contributed by atoms with E-state index < -0.39 is 0 Å². The number of phenolic OH excluding ortho intramolecular Hbond substituents is 1. The Balaban J connectivity index is 0.000000140. The summed E-state index contributed by atoms with van der Waals surface area (Å²) in [6.07, 6.45) is 0.852. The van der Waals surface area contributed by atoms with Gasteiger partial charge in [-0.3, -0.25) is 4.79 Å². The number of carbonyl (C=O) groups excluding carboxylic acids is 1. The van der Waals surface area contributed by atoms with E-state index in [1.165, 1.54) is 11.3 Å². The van der Waals surface area contributed by atoms with E-state index in [0.29, 0.717) is 5.75 Å². The number of phenols is 1. The van der Waals surface area contributed by atoms with Crippen molar-refractivity contribution in [1.82, 2.24) is 0 Å². The number of carbonyl (C=O) groups is 1. The zero-order valence-corrected chi connectivity index (χ0v) is 8.28. The summed E-state index contributed by atoms with van der Waals surface area (Å²) in [4.78, 5) is 10.7. The van der Waals surface area contributed by atoms with Gasteiger partial charge in [0.05, 0.1) is 4.88 Å². The number of aldehydes is 1. The molecule has 0 saturated carbocycles. The molecule has 0 spiro atoms. The molecule has 1 aromatic carbocycles. The lowest BCUT2D eigenvalue weighted by atomic mass is 10.3. The summed E-state index contributed by atoms with van der Waals surface area (Å²) in [7, 11) is 0. The number of rotatable bonds is 1. The number of para-hydroxylation sites is 1. The summed E-state index contributed by atoms with van der Waals surface area (Å²) >= 11 is 1.45. The van der Waals surface area contributed by atoms with Crippen LogP contribution in [0.25, 0.3) is 0 Å². The van der Waals surface area contributed by atoms with Gasteiger partial charge in [0.2, 0.25) is 0 Å². The standard InChI is InChI=1S/C6H6O.C5H4OS/c7-6-4-2-1-3-5-6;6-4-5-2-1-3-7-5/h1-5,7H;1-4H. The van der Waals surface area contributed by atoms with Crippen LogP contribution in [0.4, 0.5) is 0 Å². The Morgan fingerprint density at radius 2 is 1.79 bits per heavy atom. The summed E-state index contributed by atoms with van der Waals surface area (Å²) in [5.74, 6) is 0.322. The van der Waals surface area contributed by atoms with Crippen LogP contribution in [0, 0.1) is 0 Å². The maximum Gasteiger partial charge on any atom is 0.159 e. The van der Waals surface area contributed by atoms with Gasteiger partial charge >= 0.3 is 0 Å². The zero-order chi connectivity index (χ0) is 10.2. The van der Waals surface area contributed by atoms with Gasteiger partial charge < -0.3 is 5.11 Å². The first-order chi connectivity index (χ1) is 6.83. The van der Waals surface area contributed by atoms with Crippen LogP contribution in [-0.2, 0) is 0 Å². The molecule has 3 heteroatoms. The van der Waals surface area contributed by atoms with E-state index in [1.54, 1.807) is 30.3 Å². The molecule has 0 unspecified atom stereocenters. The van der Waals surface area contributed by atoms with E-state index in [9.17, 15) is 4.79 Å². The molecule has 0 saturated heterocycles. The monoisotopic (exact) mass is 206 g/mol. The lowest BCUT2D eigenvalue weighted by molar-refractivity contribution is 0.112. The Kier molecular flexibility index (Phi) is 4.44. The van der Waals surface area contributed by atoms with Gasteiger partial charge in [-0.1, -0.05) is 24.3 Å². The molecule has 0 radical (unpaired) electrons. The number of hydrogen-bond donors (Lipinski definition) is 1. The maximum atomic E-state index is 9.88. The quantitative estimate of drug-likeness (QED) is 0.728. The highest BCUT2D eigenvalue weighted by Gasteiger charge is 1.82. The number of aromatic hydroxyl groups is 1. The van der Waals surface area contributed by atoms with Gasteiger partial charge in [-0.15, -0.1) is 11.3 Å². The van der Waals surface area contributed by atoms with Gasteiger partial charge in [-0.2, -0.15) is 0 Å². The van der Waals surface area contributed by atoms with E-state index in [4.69, 9.17) is 5.11 Å². The van der Waals surface area contributed by atoms with Crippen molar-refractivity contribution in [2.24, 2.45) is 0 Å². The van der Waals surface area contributed by atoms with E-state index in [0.717, 1.165) is 11.2 Å². The Bertz CT molecular complexity index is 354. The molecule has 0 amide bonds. The number of thiophene rings is 1. The Hall–Kier alpha value is -1.61. The minimum atomic E-state index is 0.322. The lowest BCUT2D eigenvalue weighted by Crippen LogP contribution is -1.61. The Morgan fingerprint density at radius 1 is 1.07 bits per heavy atom. The molecule has 14 heavy (non-hydrogen) atoms. The third kappa shape index (κ3) is 3.87. The van der Waals surface area contributed by atoms with Crippen molar-refractivity contribution >= 4 is 17.6 Å². The highest BCUT2D eigenvalue weighted by Crippen LogP contribution is 2.03. The molecule has 0 bridgehead atoms. The van der Waals surface area contributed by atoms with Gasteiger partial charge in [-0.05, 0) is 23.6 Å². The molecule has 0 aliphatic rings. The van der Waals surface area contributed by atoms with Crippen molar-refractivity contribution in [3.63, 3.8) is 0 Å².